The topological polar surface area (TPSA) is 95.5 Å². The number of rotatable bonds is 6. The van der Waals surface area contributed by atoms with Crippen LogP contribution in [0.1, 0.15) is 39.6 Å². The third-order valence-electron chi connectivity index (χ3n) is 3.75. The van der Waals surface area contributed by atoms with Crippen LogP contribution >= 0.6 is 0 Å². The Morgan fingerprint density at radius 3 is 2.24 bits per heavy atom. The van der Waals surface area contributed by atoms with Gasteiger partial charge < -0.3 is 15.7 Å². The lowest BCUT2D eigenvalue weighted by Crippen LogP contribution is -2.40. The molecule has 1 atom stereocenters. The van der Waals surface area contributed by atoms with E-state index in [2.05, 4.69) is 10.6 Å². The second-order valence-corrected chi connectivity index (χ2v) is 5.64. The molecule has 2 aromatic rings. The van der Waals surface area contributed by atoms with Crippen LogP contribution in [-0.2, 0) is 4.79 Å². The van der Waals surface area contributed by atoms with Crippen molar-refractivity contribution in [3.8, 4) is 0 Å². The van der Waals surface area contributed by atoms with E-state index >= 15 is 0 Å². The van der Waals surface area contributed by atoms with Crippen LogP contribution in [0.4, 0.5) is 5.69 Å². The number of benzene rings is 2. The van der Waals surface area contributed by atoms with Crippen LogP contribution in [0.15, 0.2) is 48.5 Å². The Bertz CT molecular complexity index is 784. The molecule has 0 radical (unpaired) electrons. The van der Waals surface area contributed by atoms with Crippen molar-refractivity contribution < 1.29 is 19.5 Å². The van der Waals surface area contributed by atoms with Gasteiger partial charge in [-0.05, 0) is 37.6 Å². The van der Waals surface area contributed by atoms with E-state index in [0.29, 0.717) is 11.3 Å². The first kappa shape index (κ1) is 18.2. The van der Waals surface area contributed by atoms with E-state index in [1.807, 2.05) is 19.1 Å². The molecule has 2 rings (SSSR count). The van der Waals surface area contributed by atoms with E-state index in [-0.39, 0.29) is 17.9 Å². The molecule has 0 aliphatic carbocycles. The molecule has 0 bridgehead atoms. The molecule has 0 unspecified atom stereocenters. The number of carboxylic acids is 1. The third kappa shape index (κ3) is 4.67. The number of amides is 2. The van der Waals surface area contributed by atoms with Crippen LogP contribution in [0.5, 0.6) is 0 Å². The first-order valence-corrected chi connectivity index (χ1v) is 7.93. The highest BCUT2D eigenvalue weighted by atomic mass is 16.4. The lowest BCUT2D eigenvalue weighted by atomic mass is 10.1. The minimum absolute atomic E-state index is 0.211. The van der Waals surface area contributed by atoms with E-state index in [1.165, 1.54) is 6.07 Å². The third-order valence-corrected chi connectivity index (χ3v) is 3.75. The van der Waals surface area contributed by atoms with Crippen LogP contribution in [0.2, 0.25) is 0 Å². The van der Waals surface area contributed by atoms with Crippen LogP contribution < -0.4 is 10.6 Å². The quantitative estimate of drug-likeness (QED) is 0.753. The molecule has 2 aromatic carbocycles. The number of aliphatic carboxylic acids is 1. The Morgan fingerprint density at radius 1 is 1.00 bits per heavy atom. The summed E-state index contributed by atoms with van der Waals surface area (Å²) >= 11 is 0. The summed E-state index contributed by atoms with van der Waals surface area (Å²) in [5.41, 5.74) is 2.04. The molecule has 0 spiro atoms. The van der Waals surface area contributed by atoms with Gasteiger partial charge in [-0.2, -0.15) is 0 Å². The second-order valence-electron chi connectivity index (χ2n) is 5.64. The molecule has 0 fully saturated rings. The van der Waals surface area contributed by atoms with Crippen molar-refractivity contribution in [2.24, 2.45) is 0 Å². The molecular formula is C19H20N2O4. The number of nitrogens with one attached hydrogen (secondary N) is 2. The monoisotopic (exact) mass is 340 g/mol. The van der Waals surface area contributed by atoms with Crippen molar-refractivity contribution >= 4 is 23.5 Å². The molecule has 0 aliphatic rings. The highest BCUT2D eigenvalue weighted by molar-refractivity contribution is 6.09. The molecule has 6 nitrogen and oxygen atoms in total. The van der Waals surface area contributed by atoms with Gasteiger partial charge in [-0.3, -0.25) is 9.59 Å². The van der Waals surface area contributed by atoms with E-state index in [4.69, 9.17) is 5.11 Å². The molecular weight excluding hydrogens is 320 g/mol. The van der Waals surface area contributed by atoms with Crippen molar-refractivity contribution in [1.29, 1.82) is 0 Å². The fraction of sp³-hybridized carbons (Fsp3) is 0.211. The lowest BCUT2D eigenvalue weighted by Gasteiger charge is -2.15. The molecule has 3 N–H and O–H groups in total. The Morgan fingerprint density at radius 2 is 1.64 bits per heavy atom. The summed E-state index contributed by atoms with van der Waals surface area (Å²) < 4.78 is 0. The van der Waals surface area contributed by atoms with Crippen LogP contribution in [0.3, 0.4) is 0 Å². The molecule has 0 aliphatic heterocycles. The van der Waals surface area contributed by atoms with Gasteiger partial charge in [-0.25, -0.2) is 4.79 Å². The maximum Gasteiger partial charge on any atom is 0.326 e. The zero-order valence-corrected chi connectivity index (χ0v) is 14.1. The van der Waals surface area contributed by atoms with Gasteiger partial charge in [-0.1, -0.05) is 36.8 Å². The maximum absolute atomic E-state index is 12.4. The van der Waals surface area contributed by atoms with Crippen molar-refractivity contribution in [2.45, 2.75) is 26.3 Å². The summed E-state index contributed by atoms with van der Waals surface area (Å²) in [5, 5.41) is 14.2. The van der Waals surface area contributed by atoms with E-state index in [1.54, 1.807) is 37.3 Å². The minimum atomic E-state index is -1.10. The zero-order valence-electron chi connectivity index (χ0n) is 14.1. The van der Waals surface area contributed by atoms with Crippen molar-refractivity contribution in [3.63, 3.8) is 0 Å². The molecule has 25 heavy (non-hydrogen) atoms. The van der Waals surface area contributed by atoms with E-state index in [9.17, 15) is 14.4 Å². The van der Waals surface area contributed by atoms with Crippen LogP contribution in [0.25, 0.3) is 0 Å². The van der Waals surface area contributed by atoms with Crippen molar-refractivity contribution in [2.75, 3.05) is 5.32 Å². The standard InChI is InChI=1S/C19H20N2O4/c1-3-15(19(24)25)20-18(23)14-6-4-5-7-16(14)21-17(22)13-10-8-12(2)9-11-13/h4-11,15H,3H2,1-2H3,(H,20,23)(H,21,22)(H,24,25)/t15-/m1/s1. The SMILES string of the molecule is CC[C@@H](NC(=O)c1ccccc1NC(=O)c1ccc(C)cc1)C(=O)O. The predicted molar refractivity (Wildman–Crippen MR) is 94.8 cm³/mol. The minimum Gasteiger partial charge on any atom is -0.480 e. The summed E-state index contributed by atoms with van der Waals surface area (Å²) in [7, 11) is 0. The molecule has 2 amide bonds. The first-order chi connectivity index (χ1) is 11.9. The Kier molecular flexibility index (Phi) is 5.89. The van der Waals surface area contributed by atoms with Crippen molar-refractivity contribution in [3.05, 3.63) is 65.2 Å². The zero-order chi connectivity index (χ0) is 18.4. The molecule has 0 aromatic heterocycles. The predicted octanol–water partition coefficient (Wildman–Crippen LogP) is 2.84. The summed E-state index contributed by atoms with van der Waals surface area (Å²) in [4.78, 5) is 35.8. The van der Waals surface area contributed by atoms with Crippen LogP contribution in [0, 0.1) is 6.92 Å². The van der Waals surface area contributed by atoms with Gasteiger partial charge in [0.2, 0.25) is 0 Å². The molecule has 6 heteroatoms. The number of carbonyl (C=O) groups is 3. The van der Waals surface area contributed by atoms with E-state index < -0.39 is 17.9 Å². The number of carbonyl (C=O) groups excluding carboxylic acids is 2. The summed E-state index contributed by atoms with van der Waals surface area (Å²) in [6.45, 7) is 3.60. The van der Waals surface area contributed by atoms with Gasteiger partial charge in [0.1, 0.15) is 6.04 Å². The second kappa shape index (κ2) is 8.10. The summed E-state index contributed by atoms with van der Waals surface area (Å²) in [6, 6.07) is 12.5. The number of para-hydroxylation sites is 1. The number of hydrogen-bond acceptors (Lipinski definition) is 3. The molecule has 130 valence electrons. The van der Waals surface area contributed by atoms with Gasteiger partial charge in [0, 0.05) is 5.56 Å². The van der Waals surface area contributed by atoms with Crippen LogP contribution in [-0.4, -0.2) is 28.9 Å². The summed E-state index contributed by atoms with van der Waals surface area (Å²) in [6.07, 6.45) is 0.263. The number of anilines is 1. The molecule has 0 saturated carbocycles. The number of aryl methyl sites for hydroxylation is 1. The fourth-order valence-electron chi connectivity index (χ4n) is 2.26. The number of carboxylic acid groups (broad SMARTS) is 1. The highest BCUT2D eigenvalue weighted by Crippen LogP contribution is 2.17. The van der Waals surface area contributed by atoms with Gasteiger partial charge in [0.25, 0.3) is 11.8 Å². The Labute approximate surface area is 145 Å². The molecule has 0 saturated heterocycles. The normalized spacial score (nSPS) is 11.4. The highest BCUT2D eigenvalue weighted by Gasteiger charge is 2.20. The van der Waals surface area contributed by atoms with Crippen molar-refractivity contribution in [1.82, 2.24) is 5.32 Å². The Hall–Kier alpha value is -3.15. The maximum atomic E-state index is 12.4. The average molecular weight is 340 g/mol. The lowest BCUT2D eigenvalue weighted by molar-refractivity contribution is -0.139. The summed E-state index contributed by atoms with van der Waals surface area (Å²) in [5.74, 6) is -1.99. The van der Waals surface area contributed by atoms with Gasteiger partial charge in [0.05, 0.1) is 11.3 Å². The number of hydrogen-bond donors (Lipinski definition) is 3. The van der Waals surface area contributed by atoms with Gasteiger partial charge in [0.15, 0.2) is 0 Å². The molecule has 0 heterocycles. The smallest absolute Gasteiger partial charge is 0.326 e. The average Bonchev–Trinajstić information content (AvgIpc) is 2.60. The van der Waals surface area contributed by atoms with Gasteiger partial charge >= 0.3 is 5.97 Å². The largest absolute Gasteiger partial charge is 0.480 e. The van der Waals surface area contributed by atoms with E-state index in [0.717, 1.165) is 5.56 Å². The Balaban J connectivity index is 2.19. The fourth-order valence-corrected chi connectivity index (χ4v) is 2.26. The van der Waals surface area contributed by atoms with Gasteiger partial charge in [-0.15, -0.1) is 0 Å². The first-order valence-electron chi connectivity index (χ1n) is 7.93.